The van der Waals surface area contributed by atoms with Gasteiger partial charge in [-0.15, -0.1) is 0 Å². The maximum absolute atomic E-state index is 14.2. The number of piperidine rings is 1. The maximum atomic E-state index is 14.2. The lowest BCUT2D eigenvalue weighted by atomic mass is 9.94. The Balaban J connectivity index is 1.12. The lowest BCUT2D eigenvalue weighted by Gasteiger charge is -2.30. The molecule has 2 aliphatic rings. The van der Waals surface area contributed by atoms with Crippen molar-refractivity contribution in [3.8, 4) is 5.75 Å². The van der Waals surface area contributed by atoms with E-state index in [1.54, 1.807) is 12.4 Å². The molecule has 0 bridgehead atoms. The van der Waals surface area contributed by atoms with Gasteiger partial charge in [0.2, 0.25) is 5.95 Å². The zero-order valence-electron chi connectivity index (χ0n) is 19.6. The number of rotatable bonds is 7. The molecular weight excluding hydrogens is 456 g/mol. The first-order valence-electron chi connectivity index (χ1n) is 12.0. The lowest BCUT2D eigenvalue weighted by molar-refractivity contribution is 0.219. The molecular formula is C24H29F2N7O2. The van der Waals surface area contributed by atoms with Crippen LogP contribution in [-0.2, 0) is 6.42 Å². The average Bonchev–Trinajstić information content (AvgIpc) is 3.52. The lowest BCUT2D eigenvalue weighted by Crippen LogP contribution is -2.35. The molecule has 1 aromatic carbocycles. The van der Waals surface area contributed by atoms with Gasteiger partial charge >= 0.3 is 6.01 Å². The van der Waals surface area contributed by atoms with E-state index in [4.69, 9.17) is 15.0 Å². The smallest absolute Gasteiger partial charge is 0.324 e. The van der Waals surface area contributed by atoms with Crippen LogP contribution in [0.3, 0.4) is 0 Å². The Morgan fingerprint density at radius 2 is 1.89 bits per heavy atom. The van der Waals surface area contributed by atoms with E-state index in [9.17, 15) is 8.78 Å². The van der Waals surface area contributed by atoms with Gasteiger partial charge in [0.05, 0.1) is 19.0 Å². The third-order valence-electron chi connectivity index (χ3n) is 6.76. The van der Waals surface area contributed by atoms with Crippen LogP contribution in [-0.4, -0.2) is 58.9 Å². The summed E-state index contributed by atoms with van der Waals surface area (Å²) in [6, 6.07) is 3.71. The van der Waals surface area contributed by atoms with Crippen LogP contribution in [0.15, 0.2) is 35.1 Å². The zero-order chi connectivity index (χ0) is 24.4. The largest absolute Gasteiger partial charge is 0.490 e. The molecule has 5 rings (SSSR count). The van der Waals surface area contributed by atoms with Crippen LogP contribution in [0.2, 0.25) is 0 Å². The molecule has 9 nitrogen and oxygen atoms in total. The Morgan fingerprint density at radius 1 is 1.11 bits per heavy atom. The van der Waals surface area contributed by atoms with E-state index in [1.807, 2.05) is 11.8 Å². The van der Waals surface area contributed by atoms with Gasteiger partial charge in [-0.3, -0.25) is 0 Å². The molecule has 0 radical (unpaired) electrons. The second-order valence-corrected chi connectivity index (χ2v) is 9.15. The van der Waals surface area contributed by atoms with Crippen molar-refractivity contribution in [2.24, 2.45) is 11.7 Å². The van der Waals surface area contributed by atoms with E-state index in [2.05, 4.69) is 25.0 Å². The van der Waals surface area contributed by atoms with Gasteiger partial charge in [0, 0.05) is 44.6 Å². The molecule has 11 heteroatoms. The first-order chi connectivity index (χ1) is 17.0. The van der Waals surface area contributed by atoms with Crippen molar-refractivity contribution < 1.29 is 18.0 Å². The monoisotopic (exact) mass is 485 g/mol. The van der Waals surface area contributed by atoms with Gasteiger partial charge in [-0.05, 0) is 42.5 Å². The molecule has 2 atom stereocenters. The quantitative estimate of drug-likeness (QED) is 0.541. The predicted molar refractivity (Wildman–Crippen MR) is 125 cm³/mol. The Hall–Kier alpha value is -3.34. The molecule has 0 aliphatic carbocycles. The zero-order valence-corrected chi connectivity index (χ0v) is 19.6. The van der Waals surface area contributed by atoms with E-state index in [1.165, 1.54) is 6.07 Å². The number of nitrogens with zero attached hydrogens (tertiary/aromatic N) is 6. The summed E-state index contributed by atoms with van der Waals surface area (Å²) in [5.74, 6) is 0.960. The summed E-state index contributed by atoms with van der Waals surface area (Å²) in [6.07, 6.45) is 5.97. The fraction of sp³-hybridized carbons (Fsp3) is 0.500. The number of hydrogen-bond acceptors (Lipinski definition) is 9. The number of aryl methyl sites for hydroxylation is 1. The van der Waals surface area contributed by atoms with Crippen LogP contribution in [0.25, 0.3) is 0 Å². The van der Waals surface area contributed by atoms with Crippen molar-refractivity contribution in [3.05, 3.63) is 53.6 Å². The fourth-order valence-corrected chi connectivity index (χ4v) is 4.69. The van der Waals surface area contributed by atoms with E-state index >= 15 is 0 Å². The normalized spacial score (nSPS) is 21.0. The van der Waals surface area contributed by atoms with E-state index in [0.29, 0.717) is 43.3 Å². The highest BCUT2D eigenvalue weighted by molar-refractivity contribution is 5.39. The Labute approximate surface area is 202 Å². The Morgan fingerprint density at radius 3 is 2.60 bits per heavy atom. The first-order valence-corrected chi connectivity index (χ1v) is 12.0. The van der Waals surface area contributed by atoms with Crippen LogP contribution >= 0.6 is 0 Å². The number of anilines is 2. The molecule has 2 aliphatic heterocycles. The van der Waals surface area contributed by atoms with E-state index < -0.39 is 11.6 Å². The molecule has 0 amide bonds. The fourth-order valence-electron chi connectivity index (χ4n) is 4.69. The number of benzene rings is 1. The molecule has 2 aromatic heterocycles. The van der Waals surface area contributed by atoms with Crippen LogP contribution in [0, 0.1) is 17.6 Å². The Kier molecular flexibility index (Phi) is 6.76. The average molecular weight is 486 g/mol. The number of hydrogen-bond donors (Lipinski definition) is 1. The summed E-state index contributed by atoms with van der Waals surface area (Å²) in [5.41, 5.74) is 6.53. The van der Waals surface area contributed by atoms with Crippen molar-refractivity contribution in [1.82, 2.24) is 20.1 Å². The molecule has 3 aromatic rings. The van der Waals surface area contributed by atoms with Gasteiger partial charge in [0.25, 0.3) is 0 Å². The van der Waals surface area contributed by atoms with E-state index in [0.717, 1.165) is 50.3 Å². The Bertz CT molecular complexity index is 1140. The molecule has 2 fully saturated rings. The molecule has 0 saturated carbocycles. The van der Waals surface area contributed by atoms with Crippen molar-refractivity contribution >= 4 is 12.0 Å². The maximum Gasteiger partial charge on any atom is 0.324 e. The summed E-state index contributed by atoms with van der Waals surface area (Å²) < 4.78 is 39.1. The minimum absolute atomic E-state index is 0.288. The molecule has 186 valence electrons. The number of nitrogens with two attached hydrogens (primary N) is 1. The standard InChI is InChI=1S/C24H29F2N7O2/c1-2-22-30-24(35-31-22)32-7-5-15(6-8-32)14-34-17-10-28-23(29-11-17)33-12-19(21(27)13-33)18-9-16(25)3-4-20(18)26/h3-4,9-11,15,19,21H,2,5-8,12-14,27H2,1H3. The van der Waals surface area contributed by atoms with Crippen LogP contribution in [0.5, 0.6) is 5.75 Å². The third-order valence-corrected chi connectivity index (χ3v) is 6.76. The molecule has 0 spiro atoms. The molecule has 4 heterocycles. The van der Waals surface area contributed by atoms with Gasteiger partial charge in [-0.1, -0.05) is 12.1 Å². The summed E-state index contributed by atoms with van der Waals surface area (Å²) in [7, 11) is 0. The van der Waals surface area contributed by atoms with Gasteiger partial charge in [0.1, 0.15) is 11.6 Å². The molecule has 35 heavy (non-hydrogen) atoms. The number of ether oxygens (including phenoxy) is 1. The summed E-state index contributed by atoms with van der Waals surface area (Å²) in [4.78, 5) is 17.2. The highest BCUT2D eigenvalue weighted by atomic mass is 19.1. The second-order valence-electron chi connectivity index (χ2n) is 9.15. The van der Waals surface area contributed by atoms with Crippen LogP contribution < -0.4 is 20.3 Å². The minimum atomic E-state index is -0.476. The van der Waals surface area contributed by atoms with Crippen LogP contribution in [0.4, 0.5) is 20.7 Å². The summed E-state index contributed by atoms with van der Waals surface area (Å²) in [6.45, 7) is 5.14. The van der Waals surface area contributed by atoms with Gasteiger partial charge in [-0.25, -0.2) is 18.7 Å². The number of aromatic nitrogens is 4. The second kappa shape index (κ2) is 10.1. The summed E-state index contributed by atoms with van der Waals surface area (Å²) in [5, 5.41) is 3.96. The topological polar surface area (TPSA) is 106 Å². The number of halogens is 2. The SMILES string of the molecule is CCc1noc(N2CCC(COc3cnc(N4CC(N)C(c5cc(F)ccc5F)C4)nc3)CC2)n1. The van der Waals surface area contributed by atoms with E-state index in [-0.39, 0.29) is 17.5 Å². The van der Waals surface area contributed by atoms with Crippen molar-refractivity contribution in [1.29, 1.82) is 0 Å². The van der Waals surface area contributed by atoms with Gasteiger partial charge < -0.3 is 24.8 Å². The van der Waals surface area contributed by atoms with Crippen LogP contribution in [0.1, 0.15) is 37.1 Å². The van der Waals surface area contributed by atoms with Crippen molar-refractivity contribution in [2.75, 3.05) is 42.6 Å². The highest BCUT2D eigenvalue weighted by Crippen LogP contribution is 2.31. The third kappa shape index (κ3) is 5.19. The first kappa shape index (κ1) is 23.4. The van der Waals surface area contributed by atoms with Gasteiger partial charge in [0.15, 0.2) is 11.6 Å². The summed E-state index contributed by atoms with van der Waals surface area (Å²) >= 11 is 0. The molecule has 2 N–H and O–H groups in total. The van der Waals surface area contributed by atoms with Gasteiger partial charge in [-0.2, -0.15) is 4.98 Å². The minimum Gasteiger partial charge on any atom is -0.490 e. The molecule has 2 saturated heterocycles. The predicted octanol–water partition coefficient (Wildman–Crippen LogP) is 2.93. The van der Waals surface area contributed by atoms with Crippen molar-refractivity contribution in [3.63, 3.8) is 0 Å². The molecule has 2 unspecified atom stereocenters. The highest BCUT2D eigenvalue weighted by Gasteiger charge is 2.34. The van der Waals surface area contributed by atoms with Crippen molar-refractivity contribution in [2.45, 2.75) is 38.1 Å².